The number of carbonyl (C=O) groups is 3. The van der Waals surface area contributed by atoms with Gasteiger partial charge < -0.3 is 15.1 Å². The molecule has 42 heavy (non-hydrogen) atoms. The van der Waals surface area contributed by atoms with Gasteiger partial charge in [-0.2, -0.15) is 0 Å². The molecule has 2 saturated heterocycles. The average molecular weight is 609 g/mol. The standard InChI is InChI=1S/C33H32Cl2FN3O3/c34-27-4-2-1-3-24(27)30(40)37-29-10-7-21-5-6-22(19-26(21)29)31(41)38-15-11-33(12-16-38)13-17-39(18-14-33)32(42)25-9-8-23(36)20-28(25)35/h1-6,8-9,19-20,29H,7,10-18H2,(H,37,40). The van der Waals surface area contributed by atoms with Gasteiger partial charge in [-0.15, -0.1) is 0 Å². The number of piperidine rings is 2. The van der Waals surface area contributed by atoms with Crippen molar-refractivity contribution in [3.05, 3.63) is 104 Å². The topological polar surface area (TPSA) is 69.7 Å². The van der Waals surface area contributed by atoms with Gasteiger partial charge in [0.05, 0.1) is 27.2 Å². The first-order valence-corrected chi connectivity index (χ1v) is 15.2. The van der Waals surface area contributed by atoms with E-state index in [4.69, 9.17) is 23.2 Å². The summed E-state index contributed by atoms with van der Waals surface area (Å²) < 4.78 is 13.4. The number of nitrogens with one attached hydrogen (secondary N) is 1. The first-order chi connectivity index (χ1) is 20.2. The first-order valence-electron chi connectivity index (χ1n) is 14.4. The first kappa shape index (κ1) is 28.7. The number of likely N-dealkylation sites (tertiary alicyclic amines) is 2. The minimum absolute atomic E-state index is 0.00861. The summed E-state index contributed by atoms with van der Waals surface area (Å²) in [5.41, 5.74) is 3.66. The number of hydrogen-bond donors (Lipinski definition) is 1. The van der Waals surface area contributed by atoms with Gasteiger partial charge in [0.1, 0.15) is 5.82 Å². The van der Waals surface area contributed by atoms with Crippen LogP contribution in [0.2, 0.25) is 10.0 Å². The highest BCUT2D eigenvalue weighted by Gasteiger charge is 2.40. The Balaban J connectivity index is 1.06. The van der Waals surface area contributed by atoms with Crippen LogP contribution in [0.5, 0.6) is 0 Å². The summed E-state index contributed by atoms with van der Waals surface area (Å²) in [6, 6.07) is 16.5. The maximum atomic E-state index is 13.5. The Morgan fingerprint density at radius 1 is 0.786 bits per heavy atom. The van der Waals surface area contributed by atoms with Crippen molar-refractivity contribution in [1.82, 2.24) is 15.1 Å². The van der Waals surface area contributed by atoms with Crippen LogP contribution in [-0.4, -0.2) is 53.7 Å². The molecule has 3 aromatic rings. The van der Waals surface area contributed by atoms with Crippen molar-refractivity contribution in [3.8, 4) is 0 Å². The zero-order valence-electron chi connectivity index (χ0n) is 23.2. The van der Waals surface area contributed by atoms with Gasteiger partial charge in [0, 0.05) is 31.7 Å². The fourth-order valence-corrected chi connectivity index (χ4v) is 7.12. The number of aryl methyl sites for hydroxylation is 1. The lowest BCUT2D eigenvalue weighted by atomic mass is 9.71. The quantitative estimate of drug-likeness (QED) is 0.358. The van der Waals surface area contributed by atoms with Crippen LogP contribution in [0.25, 0.3) is 0 Å². The maximum Gasteiger partial charge on any atom is 0.255 e. The van der Waals surface area contributed by atoms with E-state index < -0.39 is 5.82 Å². The zero-order chi connectivity index (χ0) is 29.4. The van der Waals surface area contributed by atoms with Crippen LogP contribution >= 0.6 is 23.2 Å². The molecular weight excluding hydrogens is 576 g/mol. The van der Waals surface area contributed by atoms with Crippen molar-refractivity contribution in [2.45, 2.75) is 44.6 Å². The lowest BCUT2D eigenvalue weighted by molar-refractivity contribution is 0.0280. The molecule has 2 fully saturated rings. The van der Waals surface area contributed by atoms with Crippen molar-refractivity contribution < 1.29 is 18.8 Å². The third-order valence-corrected chi connectivity index (χ3v) is 9.92. The number of halogens is 3. The highest BCUT2D eigenvalue weighted by molar-refractivity contribution is 6.34. The summed E-state index contributed by atoms with van der Waals surface area (Å²) in [4.78, 5) is 43.2. The molecule has 1 N–H and O–H groups in total. The second-order valence-electron chi connectivity index (χ2n) is 11.7. The van der Waals surface area contributed by atoms with Crippen LogP contribution < -0.4 is 5.32 Å². The summed E-state index contributed by atoms with van der Waals surface area (Å²) in [5.74, 6) is -0.838. The molecule has 6 rings (SSSR count). The number of amides is 3. The van der Waals surface area contributed by atoms with Crippen LogP contribution in [0.1, 0.15) is 80.3 Å². The van der Waals surface area contributed by atoms with Crippen LogP contribution in [0.15, 0.2) is 60.7 Å². The molecule has 9 heteroatoms. The van der Waals surface area contributed by atoms with Gasteiger partial charge in [0.25, 0.3) is 17.7 Å². The summed E-state index contributed by atoms with van der Waals surface area (Å²) in [7, 11) is 0. The summed E-state index contributed by atoms with van der Waals surface area (Å²) >= 11 is 12.3. The predicted octanol–water partition coefficient (Wildman–Crippen LogP) is 6.71. The number of nitrogens with zero attached hydrogens (tertiary/aromatic N) is 2. The van der Waals surface area contributed by atoms with Crippen molar-refractivity contribution in [2.24, 2.45) is 5.41 Å². The molecular formula is C33H32Cl2FN3O3. The predicted molar refractivity (Wildman–Crippen MR) is 161 cm³/mol. The van der Waals surface area contributed by atoms with Gasteiger partial charge in [0.2, 0.25) is 0 Å². The second kappa shape index (κ2) is 11.7. The Morgan fingerprint density at radius 3 is 2.12 bits per heavy atom. The fourth-order valence-electron chi connectivity index (χ4n) is 6.65. The van der Waals surface area contributed by atoms with Crippen LogP contribution in [0, 0.1) is 11.2 Å². The number of rotatable bonds is 4. The van der Waals surface area contributed by atoms with Gasteiger partial charge in [-0.25, -0.2) is 4.39 Å². The molecule has 0 saturated carbocycles. The molecule has 3 aliphatic rings. The molecule has 3 aromatic carbocycles. The molecule has 0 bridgehead atoms. The van der Waals surface area contributed by atoms with E-state index in [9.17, 15) is 18.8 Å². The lowest BCUT2D eigenvalue weighted by Crippen LogP contribution is -2.49. The number of fused-ring (bicyclic) bond motifs is 1. The number of benzene rings is 3. The van der Waals surface area contributed by atoms with Gasteiger partial charge in [0.15, 0.2) is 0 Å². The summed E-state index contributed by atoms with van der Waals surface area (Å²) in [6.45, 7) is 2.57. The molecule has 2 heterocycles. The van der Waals surface area contributed by atoms with Crippen LogP contribution in [0.3, 0.4) is 0 Å². The van der Waals surface area contributed by atoms with Crippen LogP contribution in [-0.2, 0) is 6.42 Å². The molecule has 1 aliphatic carbocycles. The van der Waals surface area contributed by atoms with Crippen molar-refractivity contribution in [3.63, 3.8) is 0 Å². The van der Waals surface area contributed by atoms with Crippen molar-refractivity contribution >= 4 is 40.9 Å². The Morgan fingerprint density at radius 2 is 1.45 bits per heavy atom. The third kappa shape index (κ3) is 5.64. The fraction of sp³-hybridized carbons (Fsp3) is 0.364. The van der Waals surface area contributed by atoms with E-state index >= 15 is 0 Å². The third-order valence-electron chi connectivity index (χ3n) is 9.28. The smallest absolute Gasteiger partial charge is 0.255 e. The van der Waals surface area contributed by atoms with E-state index in [1.165, 1.54) is 18.2 Å². The molecule has 1 unspecified atom stereocenters. The Kier molecular flexibility index (Phi) is 7.99. The van der Waals surface area contributed by atoms with Gasteiger partial charge in [-0.05, 0) is 97.5 Å². The van der Waals surface area contributed by atoms with Crippen molar-refractivity contribution in [2.75, 3.05) is 26.2 Å². The largest absolute Gasteiger partial charge is 0.345 e. The van der Waals surface area contributed by atoms with Crippen molar-refractivity contribution in [1.29, 1.82) is 0 Å². The van der Waals surface area contributed by atoms with E-state index in [0.717, 1.165) is 49.7 Å². The summed E-state index contributed by atoms with van der Waals surface area (Å²) in [6.07, 6.45) is 5.13. The number of carbonyl (C=O) groups excluding carboxylic acids is 3. The molecule has 2 aliphatic heterocycles. The minimum Gasteiger partial charge on any atom is -0.345 e. The van der Waals surface area contributed by atoms with Gasteiger partial charge in [-0.1, -0.05) is 41.4 Å². The molecule has 1 spiro atoms. The Labute approximate surface area is 254 Å². The summed E-state index contributed by atoms with van der Waals surface area (Å²) in [5, 5.41) is 3.65. The van der Waals surface area contributed by atoms with E-state index in [1.807, 2.05) is 23.1 Å². The highest BCUT2D eigenvalue weighted by Crippen LogP contribution is 2.42. The molecule has 0 radical (unpaired) electrons. The van der Waals surface area contributed by atoms with E-state index in [0.29, 0.717) is 47.9 Å². The molecule has 1 atom stereocenters. The van der Waals surface area contributed by atoms with Gasteiger partial charge >= 0.3 is 0 Å². The minimum atomic E-state index is -0.463. The molecule has 0 aromatic heterocycles. The number of hydrogen-bond acceptors (Lipinski definition) is 3. The monoisotopic (exact) mass is 607 g/mol. The maximum absolute atomic E-state index is 13.5. The Bertz CT molecular complexity index is 1540. The molecule has 6 nitrogen and oxygen atoms in total. The zero-order valence-corrected chi connectivity index (χ0v) is 24.7. The normalized spacial score (nSPS) is 19.5. The molecule has 3 amide bonds. The van der Waals surface area contributed by atoms with Crippen LogP contribution in [0.4, 0.5) is 4.39 Å². The second-order valence-corrected chi connectivity index (χ2v) is 12.5. The van der Waals surface area contributed by atoms with E-state index in [1.54, 1.807) is 29.2 Å². The Hall–Kier alpha value is -3.42. The molecule has 218 valence electrons. The van der Waals surface area contributed by atoms with E-state index in [2.05, 4.69) is 5.32 Å². The van der Waals surface area contributed by atoms with E-state index in [-0.39, 0.29) is 34.2 Å². The lowest BCUT2D eigenvalue weighted by Gasteiger charge is -2.47. The highest BCUT2D eigenvalue weighted by atomic mass is 35.5. The SMILES string of the molecule is O=C(NC1CCc2ccc(C(=O)N3CCC4(CC3)CCN(C(=O)c3ccc(F)cc3Cl)CC4)cc21)c1ccccc1Cl. The average Bonchev–Trinajstić information content (AvgIpc) is 3.39. The van der Waals surface area contributed by atoms with Gasteiger partial charge in [-0.3, -0.25) is 14.4 Å².